The summed E-state index contributed by atoms with van der Waals surface area (Å²) in [6.45, 7) is 5.90. The molecule has 0 bridgehead atoms. The second-order valence-electron chi connectivity index (χ2n) is 9.24. The van der Waals surface area contributed by atoms with Crippen molar-refractivity contribution in [1.29, 1.82) is 0 Å². The fraction of sp³-hybridized carbons (Fsp3) is 0.296. The van der Waals surface area contributed by atoms with Crippen LogP contribution in [0.15, 0.2) is 71.6 Å². The molecule has 2 aliphatic rings. The maximum atomic E-state index is 14.1. The quantitative estimate of drug-likeness (QED) is 0.546. The molecule has 1 fully saturated rings. The summed E-state index contributed by atoms with van der Waals surface area (Å²) in [5.41, 5.74) is 3.57. The van der Waals surface area contributed by atoms with Gasteiger partial charge in [-0.3, -0.25) is 9.10 Å². The normalized spacial score (nSPS) is 18.0. The average molecular weight is 494 g/mol. The molecule has 182 valence electrons. The summed E-state index contributed by atoms with van der Waals surface area (Å²) >= 11 is 0. The van der Waals surface area contributed by atoms with Gasteiger partial charge in [0.1, 0.15) is 5.82 Å². The number of para-hydroxylation sites is 1. The first-order valence-electron chi connectivity index (χ1n) is 11.8. The van der Waals surface area contributed by atoms with Gasteiger partial charge in [0.25, 0.3) is 15.9 Å². The number of hydrogen-bond acceptors (Lipinski definition) is 4. The van der Waals surface area contributed by atoms with Crippen molar-refractivity contribution < 1.29 is 17.6 Å². The van der Waals surface area contributed by atoms with E-state index in [1.165, 1.54) is 10.4 Å². The lowest BCUT2D eigenvalue weighted by atomic mass is 10.1. The van der Waals surface area contributed by atoms with Gasteiger partial charge in [0.2, 0.25) is 0 Å². The number of aryl methyl sites for hydroxylation is 1. The highest BCUT2D eigenvalue weighted by Gasteiger charge is 2.36. The SMILES string of the molecule is Cc1ccc(S(=O)(=O)N2c3ccc(C(=O)N4CCN(c5ccccc5F)CC4)cc3C[C@H]2C)cc1. The van der Waals surface area contributed by atoms with E-state index in [0.29, 0.717) is 49.5 Å². The molecule has 0 saturated carbocycles. The molecule has 35 heavy (non-hydrogen) atoms. The second-order valence-corrected chi connectivity index (χ2v) is 11.1. The van der Waals surface area contributed by atoms with E-state index >= 15 is 0 Å². The van der Waals surface area contributed by atoms with Crippen molar-refractivity contribution in [2.45, 2.75) is 31.2 Å². The molecule has 5 rings (SSSR count). The maximum Gasteiger partial charge on any atom is 0.264 e. The molecular weight excluding hydrogens is 465 g/mol. The summed E-state index contributed by atoms with van der Waals surface area (Å²) in [5.74, 6) is -0.348. The van der Waals surface area contributed by atoms with Gasteiger partial charge in [-0.2, -0.15) is 0 Å². The van der Waals surface area contributed by atoms with E-state index in [1.54, 1.807) is 53.4 Å². The Kier molecular flexibility index (Phi) is 6.01. The number of amides is 1. The Morgan fingerprint density at radius 2 is 1.60 bits per heavy atom. The molecule has 6 nitrogen and oxygen atoms in total. The van der Waals surface area contributed by atoms with Crippen LogP contribution < -0.4 is 9.21 Å². The Hall–Kier alpha value is -3.39. The largest absolute Gasteiger partial charge is 0.366 e. The van der Waals surface area contributed by atoms with Crippen molar-refractivity contribution in [3.05, 3.63) is 89.2 Å². The van der Waals surface area contributed by atoms with E-state index in [0.717, 1.165) is 11.1 Å². The minimum atomic E-state index is -3.71. The lowest BCUT2D eigenvalue weighted by Crippen LogP contribution is -2.49. The first kappa shape index (κ1) is 23.4. The predicted molar refractivity (Wildman–Crippen MR) is 135 cm³/mol. The number of piperazine rings is 1. The number of halogens is 1. The van der Waals surface area contributed by atoms with E-state index in [-0.39, 0.29) is 22.7 Å². The lowest BCUT2D eigenvalue weighted by molar-refractivity contribution is 0.0746. The Labute approximate surface area is 205 Å². The first-order valence-corrected chi connectivity index (χ1v) is 13.2. The first-order chi connectivity index (χ1) is 16.8. The number of hydrogen-bond donors (Lipinski definition) is 0. The Morgan fingerprint density at radius 1 is 0.914 bits per heavy atom. The van der Waals surface area contributed by atoms with Crippen molar-refractivity contribution >= 4 is 27.3 Å². The number of rotatable bonds is 4. The average Bonchev–Trinajstić information content (AvgIpc) is 3.20. The molecule has 3 aromatic carbocycles. The Balaban J connectivity index is 1.33. The minimum absolute atomic E-state index is 0.0894. The highest BCUT2D eigenvalue weighted by molar-refractivity contribution is 7.92. The molecule has 1 atom stereocenters. The third-order valence-electron chi connectivity index (χ3n) is 6.82. The number of carbonyl (C=O) groups is 1. The van der Waals surface area contributed by atoms with Crippen molar-refractivity contribution in [1.82, 2.24) is 4.90 Å². The molecule has 3 aromatic rings. The molecular formula is C27H28FN3O3S. The highest BCUT2D eigenvalue weighted by Crippen LogP contribution is 2.37. The molecule has 2 heterocycles. The number of benzene rings is 3. The Bertz CT molecular complexity index is 1370. The molecule has 1 amide bonds. The standard InChI is InChI=1S/C27H28FN3O3S/c1-19-7-10-23(11-8-19)35(33,34)31-20(2)17-22-18-21(9-12-25(22)31)27(32)30-15-13-29(14-16-30)26-6-4-3-5-24(26)28/h3-12,18,20H,13-17H2,1-2H3/t20-/m1/s1. The molecule has 0 radical (unpaired) electrons. The van der Waals surface area contributed by atoms with Gasteiger partial charge in [-0.25, -0.2) is 12.8 Å². The maximum absolute atomic E-state index is 14.1. The third kappa shape index (κ3) is 4.27. The van der Waals surface area contributed by atoms with Crippen LogP contribution in [-0.2, 0) is 16.4 Å². The fourth-order valence-corrected chi connectivity index (χ4v) is 6.66. The third-order valence-corrected chi connectivity index (χ3v) is 8.76. The summed E-state index contributed by atoms with van der Waals surface area (Å²) in [7, 11) is -3.71. The highest BCUT2D eigenvalue weighted by atomic mass is 32.2. The van der Waals surface area contributed by atoms with Gasteiger partial charge in [0, 0.05) is 37.8 Å². The van der Waals surface area contributed by atoms with E-state index in [9.17, 15) is 17.6 Å². The smallest absolute Gasteiger partial charge is 0.264 e. The van der Waals surface area contributed by atoms with E-state index < -0.39 is 10.0 Å². The van der Waals surface area contributed by atoms with Gasteiger partial charge in [-0.05, 0) is 68.3 Å². The number of nitrogens with zero attached hydrogens (tertiary/aromatic N) is 3. The van der Waals surface area contributed by atoms with Crippen LogP contribution in [0.1, 0.15) is 28.4 Å². The number of anilines is 2. The molecule has 1 saturated heterocycles. The monoisotopic (exact) mass is 493 g/mol. The van der Waals surface area contributed by atoms with Crippen molar-refractivity contribution in [3.63, 3.8) is 0 Å². The molecule has 8 heteroatoms. The minimum Gasteiger partial charge on any atom is -0.366 e. The second kappa shape index (κ2) is 9.00. The van der Waals surface area contributed by atoms with Crippen molar-refractivity contribution in [3.8, 4) is 0 Å². The molecule has 0 N–H and O–H groups in total. The van der Waals surface area contributed by atoms with Crippen LogP contribution in [0.25, 0.3) is 0 Å². The van der Waals surface area contributed by atoms with Crippen LogP contribution >= 0.6 is 0 Å². The zero-order chi connectivity index (χ0) is 24.7. The zero-order valence-corrected chi connectivity index (χ0v) is 20.6. The summed E-state index contributed by atoms with van der Waals surface area (Å²) in [6.07, 6.45) is 0.544. The predicted octanol–water partition coefficient (Wildman–Crippen LogP) is 4.24. The van der Waals surface area contributed by atoms with Crippen LogP contribution in [0.4, 0.5) is 15.8 Å². The molecule has 0 spiro atoms. The number of fused-ring (bicyclic) bond motifs is 1. The zero-order valence-electron chi connectivity index (χ0n) is 19.8. The summed E-state index contributed by atoms with van der Waals surface area (Å²) < 4.78 is 42.3. The fourth-order valence-electron chi connectivity index (χ4n) is 4.97. The van der Waals surface area contributed by atoms with Gasteiger partial charge in [-0.15, -0.1) is 0 Å². The van der Waals surface area contributed by atoms with Gasteiger partial charge in [0.15, 0.2) is 0 Å². The van der Waals surface area contributed by atoms with Gasteiger partial charge in [-0.1, -0.05) is 29.8 Å². The molecule has 0 aliphatic carbocycles. The van der Waals surface area contributed by atoms with E-state index in [4.69, 9.17) is 0 Å². The van der Waals surface area contributed by atoms with Gasteiger partial charge in [0.05, 0.1) is 16.3 Å². The van der Waals surface area contributed by atoms with Crippen LogP contribution in [0, 0.1) is 12.7 Å². The van der Waals surface area contributed by atoms with Crippen molar-refractivity contribution in [2.24, 2.45) is 0 Å². The number of sulfonamides is 1. The topological polar surface area (TPSA) is 60.9 Å². The van der Waals surface area contributed by atoms with E-state index in [1.807, 2.05) is 30.9 Å². The summed E-state index contributed by atoms with van der Waals surface area (Å²) in [4.78, 5) is 17.2. The summed E-state index contributed by atoms with van der Waals surface area (Å²) in [6, 6.07) is 18.6. The van der Waals surface area contributed by atoms with E-state index in [2.05, 4.69) is 0 Å². The van der Waals surface area contributed by atoms with Crippen LogP contribution in [0.3, 0.4) is 0 Å². The van der Waals surface area contributed by atoms with Crippen molar-refractivity contribution in [2.75, 3.05) is 35.4 Å². The van der Waals surface area contributed by atoms with Crippen LogP contribution in [-0.4, -0.2) is 51.4 Å². The number of carbonyl (C=O) groups excluding carboxylic acids is 1. The van der Waals surface area contributed by atoms with Crippen LogP contribution in [0.2, 0.25) is 0 Å². The summed E-state index contributed by atoms with van der Waals surface area (Å²) in [5, 5.41) is 0. The molecule has 2 aliphatic heterocycles. The van der Waals surface area contributed by atoms with Gasteiger partial charge >= 0.3 is 0 Å². The van der Waals surface area contributed by atoms with Crippen LogP contribution in [0.5, 0.6) is 0 Å². The Morgan fingerprint density at radius 3 is 2.29 bits per heavy atom. The lowest BCUT2D eigenvalue weighted by Gasteiger charge is -2.36. The molecule has 0 aromatic heterocycles. The molecule has 0 unspecified atom stereocenters. The van der Waals surface area contributed by atoms with Gasteiger partial charge < -0.3 is 9.80 Å².